The molecule has 0 saturated carbocycles. The molecule has 1 saturated heterocycles. The lowest BCUT2D eigenvalue weighted by molar-refractivity contribution is 0.151. The second-order valence-electron chi connectivity index (χ2n) is 7.20. The van der Waals surface area contributed by atoms with Crippen molar-refractivity contribution in [2.75, 3.05) is 7.05 Å². The van der Waals surface area contributed by atoms with Crippen molar-refractivity contribution in [3.8, 4) is 6.07 Å². The molecule has 1 fully saturated rings. The first-order valence-corrected chi connectivity index (χ1v) is 9.61. The van der Waals surface area contributed by atoms with Gasteiger partial charge in [-0.05, 0) is 50.1 Å². The molecule has 1 aromatic carbocycles. The maximum atomic E-state index is 13.8. The summed E-state index contributed by atoms with van der Waals surface area (Å²) in [5.41, 5.74) is 7.43. The number of thioether (sulfide) groups is 1. The van der Waals surface area contributed by atoms with Crippen LogP contribution in [0.4, 0.5) is 4.39 Å². The van der Waals surface area contributed by atoms with Gasteiger partial charge in [-0.1, -0.05) is 17.8 Å². The second-order valence-corrected chi connectivity index (χ2v) is 8.30. The Bertz CT molecular complexity index is 1010. The molecule has 7 heteroatoms. The van der Waals surface area contributed by atoms with Crippen LogP contribution in [-0.2, 0) is 12.1 Å². The summed E-state index contributed by atoms with van der Waals surface area (Å²) >= 11 is 1.73. The fourth-order valence-electron chi connectivity index (χ4n) is 3.92. The third-order valence-corrected chi connectivity index (χ3v) is 6.81. The van der Waals surface area contributed by atoms with E-state index in [9.17, 15) is 4.39 Å². The molecule has 0 radical (unpaired) electrons. The molecule has 4 rings (SSSR count). The van der Waals surface area contributed by atoms with Crippen molar-refractivity contribution in [1.82, 2.24) is 15.4 Å². The summed E-state index contributed by atoms with van der Waals surface area (Å²) in [5, 5.41) is 12.1. The van der Waals surface area contributed by atoms with E-state index in [-0.39, 0.29) is 16.4 Å². The molecule has 2 aromatic rings. The molecule has 27 heavy (non-hydrogen) atoms. The van der Waals surface area contributed by atoms with Crippen molar-refractivity contribution in [3.05, 3.63) is 58.0 Å². The Morgan fingerprint density at radius 2 is 2.19 bits per heavy atom. The molecular formula is C20H20FN5S. The molecule has 2 unspecified atom stereocenters. The van der Waals surface area contributed by atoms with Crippen molar-refractivity contribution >= 4 is 17.6 Å². The number of fused-ring (bicyclic) bond motifs is 3. The molecule has 138 valence electrons. The molecule has 2 aliphatic heterocycles. The Labute approximate surface area is 162 Å². The van der Waals surface area contributed by atoms with Crippen LogP contribution in [0.1, 0.15) is 34.9 Å². The summed E-state index contributed by atoms with van der Waals surface area (Å²) in [6.45, 7) is 6.70. The fourth-order valence-corrected chi connectivity index (χ4v) is 5.57. The molecule has 0 amide bonds. The van der Waals surface area contributed by atoms with Crippen molar-refractivity contribution < 1.29 is 4.39 Å². The summed E-state index contributed by atoms with van der Waals surface area (Å²) in [4.78, 5) is 9.46. The van der Waals surface area contributed by atoms with Crippen LogP contribution in [0.5, 0.6) is 0 Å². The Hall–Kier alpha value is -2.43. The van der Waals surface area contributed by atoms with Gasteiger partial charge >= 0.3 is 0 Å². The lowest BCUT2D eigenvalue weighted by atomic mass is 9.87. The third kappa shape index (κ3) is 2.71. The standard InChI is InChI=1S/C20H20FN5S/c1-11-7-12(2)24-19-16(11)20(3)17(27-19)18(25-26(20)4)23-10-13-5-6-14(9-22)15(21)8-13/h5-8,17H,10H2,1-4H3,(H,23,25). The number of hydrazine groups is 1. The average Bonchev–Trinajstić information content (AvgIpc) is 3.03. The van der Waals surface area contributed by atoms with E-state index in [1.165, 1.54) is 23.3 Å². The maximum Gasteiger partial charge on any atom is 0.141 e. The minimum atomic E-state index is -0.505. The number of aryl methyl sites for hydroxylation is 2. The Balaban J connectivity index is 1.66. The second kappa shape index (κ2) is 6.32. The molecule has 5 nitrogen and oxygen atoms in total. The lowest BCUT2D eigenvalue weighted by Crippen LogP contribution is -2.43. The predicted molar refractivity (Wildman–Crippen MR) is 104 cm³/mol. The highest BCUT2D eigenvalue weighted by Crippen LogP contribution is 2.53. The average molecular weight is 381 g/mol. The van der Waals surface area contributed by atoms with Crippen molar-refractivity contribution in [2.24, 2.45) is 4.99 Å². The number of nitrogens with one attached hydrogen (secondary N) is 1. The van der Waals surface area contributed by atoms with Gasteiger partial charge in [-0.2, -0.15) is 5.26 Å². The van der Waals surface area contributed by atoms with E-state index < -0.39 is 5.82 Å². The zero-order valence-electron chi connectivity index (χ0n) is 15.7. The van der Waals surface area contributed by atoms with Gasteiger partial charge in [0.25, 0.3) is 0 Å². The molecule has 0 spiro atoms. The minimum Gasteiger partial charge on any atom is -0.305 e. The number of hydrogen-bond donors (Lipinski definition) is 1. The number of benzene rings is 1. The largest absolute Gasteiger partial charge is 0.305 e. The van der Waals surface area contributed by atoms with Gasteiger partial charge in [0.1, 0.15) is 22.7 Å². The summed E-state index contributed by atoms with van der Waals surface area (Å²) in [5.74, 6) is 0.360. The molecule has 0 aliphatic carbocycles. The normalized spacial score (nSPS) is 25.2. The van der Waals surface area contributed by atoms with Crippen LogP contribution in [0.3, 0.4) is 0 Å². The number of halogens is 1. The Kier molecular flexibility index (Phi) is 4.21. The Morgan fingerprint density at radius 1 is 1.41 bits per heavy atom. The topological polar surface area (TPSA) is 64.3 Å². The number of amidine groups is 1. The van der Waals surface area contributed by atoms with Crippen LogP contribution < -0.4 is 5.43 Å². The smallest absolute Gasteiger partial charge is 0.141 e. The highest BCUT2D eigenvalue weighted by molar-refractivity contribution is 8.01. The molecule has 2 aliphatic rings. The SMILES string of the molecule is Cc1cc(C)c2c(n1)SC1C(=NCc3ccc(C#N)c(F)c3)NN(C)C21C. The first kappa shape index (κ1) is 18.0. The highest BCUT2D eigenvalue weighted by atomic mass is 32.2. The number of hydrogen-bond acceptors (Lipinski definition) is 5. The zero-order chi connectivity index (χ0) is 19.3. The van der Waals surface area contributed by atoms with Crippen LogP contribution in [-0.4, -0.2) is 28.1 Å². The van der Waals surface area contributed by atoms with Crippen molar-refractivity contribution in [1.29, 1.82) is 5.26 Å². The predicted octanol–water partition coefficient (Wildman–Crippen LogP) is 3.45. The van der Waals surface area contributed by atoms with E-state index >= 15 is 0 Å². The summed E-state index contributed by atoms with van der Waals surface area (Å²) in [6.07, 6.45) is 0. The lowest BCUT2D eigenvalue weighted by Gasteiger charge is -2.31. The minimum absolute atomic E-state index is 0.0522. The Morgan fingerprint density at radius 3 is 2.89 bits per heavy atom. The highest BCUT2D eigenvalue weighted by Gasteiger charge is 2.56. The van der Waals surface area contributed by atoms with E-state index in [4.69, 9.17) is 15.2 Å². The van der Waals surface area contributed by atoms with E-state index in [0.29, 0.717) is 6.54 Å². The van der Waals surface area contributed by atoms with Crippen molar-refractivity contribution in [2.45, 2.75) is 43.1 Å². The van der Waals surface area contributed by atoms with E-state index in [1.54, 1.807) is 17.8 Å². The van der Waals surface area contributed by atoms with Gasteiger partial charge in [0.15, 0.2) is 0 Å². The van der Waals surface area contributed by atoms with Gasteiger partial charge in [0.2, 0.25) is 0 Å². The van der Waals surface area contributed by atoms with Gasteiger partial charge in [0.05, 0.1) is 22.9 Å². The molecule has 1 aromatic heterocycles. The monoisotopic (exact) mass is 381 g/mol. The molecular weight excluding hydrogens is 361 g/mol. The molecule has 0 bridgehead atoms. The first-order valence-electron chi connectivity index (χ1n) is 8.73. The van der Waals surface area contributed by atoms with Gasteiger partial charge in [0, 0.05) is 18.3 Å². The quantitative estimate of drug-likeness (QED) is 0.863. The van der Waals surface area contributed by atoms with Crippen LogP contribution in [0.25, 0.3) is 0 Å². The van der Waals surface area contributed by atoms with Crippen LogP contribution in [0, 0.1) is 31.0 Å². The molecule has 2 atom stereocenters. The van der Waals surface area contributed by atoms with Crippen LogP contribution >= 0.6 is 11.8 Å². The van der Waals surface area contributed by atoms with E-state index in [0.717, 1.165) is 22.1 Å². The van der Waals surface area contributed by atoms with Crippen LogP contribution in [0.2, 0.25) is 0 Å². The third-order valence-electron chi connectivity index (χ3n) is 5.37. The number of nitriles is 1. The number of pyridine rings is 1. The first-order chi connectivity index (χ1) is 12.8. The van der Waals surface area contributed by atoms with E-state index in [1.807, 2.05) is 20.0 Å². The number of aliphatic imine (C=N–C) groups is 1. The summed E-state index contributed by atoms with van der Waals surface area (Å²) in [7, 11) is 2.02. The number of rotatable bonds is 2. The fraction of sp³-hybridized carbons (Fsp3) is 0.350. The van der Waals surface area contributed by atoms with Crippen LogP contribution in [0.15, 0.2) is 34.3 Å². The van der Waals surface area contributed by atoms with Gasteiger partial charge < -0.3 is 5.43 Å². The van der Waals surface area contributed by atoms with Gasteiger partial charge in [-0.3, -0.25) is 4.99 Å². The summed E-state index contributed by atoms with van der Waals surface area (Å²) < 4.78 is 13.8. The van der Waals surface area contributed by atoms with Gasteiger partial charge in [-0.25, -0.2) is 14.4 Å². The van der Waals surface area contributed by atoms with E-state index in [2.05, 4.69) is 30.3 Å². The number of aromatic nitrogens is 1. The molecule has 3 heterocycles. The van der Waals surface area contributed by atoms with Crippen molar-refractivity contribution in [3.63, 3.8) is 0 Å². The maximum absolute atomic E-state index is 13.8. The number of nitrogens with zero attached hydrogens (tertiary/aromatic N) is 4. The zero-order valence-corrected chi connectivity index (χ0v) is 16.5. The van der Waals surface area contributed by atoms with Gasteiger partial charge in [-0.15, -0.1) is 0 Å². The summed E-state index contributed by atoms with van der Waals surface area (Å²) in [6, 6.07) is 8.59. The molecule has 1 N–H and O–H groups in total.